The number of ether oxygens (including phenoxy) is 1. The molecule has 2 atom stereocenters. The molecule has 2 aromatic carbocycles. The smallest absolute Gasteiger partial charge is 0.229 e. The molecule has 3 heterocycles. The largest absolute Gasteiger partial charge is 0.495 e. The fourth-order valence-corrected chi connectivity index (χ4v) is 5.47. The number of aromatic nitrogens is 2. The van der Waals surface area contributed by atoms with Gasteiger partial charge in [-0.2, -0.15) is 0 Å². The van der Waals surface area contributed by atoms with E-state index in [-0.39, 0.29) is 17.5 Å². The molecule has 8 nitrogen and oxygen atoms in total. The first-order chi connectivity index (χ1) is 17.8. The first-order valence-electron chi connectivity index (χ1n) is 11.4. The van der Waals surface area contributed by atoms with Crippen LogP contribution in [0.5, 0.6) is 5.75 Å². The first kappa shape index (κ1) is 24.7. The zero-order valence-electron chi connectivity index (χ0n) is 20.0. The maximum absolute atomic E-state index is 14.9. The minimum absolute atomic E-state index is 0.273. The Morgan fingerprint density at radius 2 is 1.86 bits per heavy atom. The van der Waals surface area contributed by atoms with Gasteiger partial charge in [-0.1, -0.05) is 18.2 Å². The second-order valence-electron chi connectivity index (χ2n) is 8.51. The highest BCUT2D eigenvalue weighted by atomic mass is 32.2. The van der Waals surface area contributed by atoms with Crippen molar-refractivity contribution in [2.75, 3.05) is 23.0 Å². The van der Waals surface area contributed by atoms with E-state index in [1.807, 2.05) is 35.2 Å². The molecule has 0 radical (unpaired) electrons. The highest BCUT2D eigenvalue weighted by Crippen LogP contribution is 2.44. The molecule has 0 spiro atoms. The number of anilines is 2. The second kappa shape index (κ2) is 9.83. The molecule has 5 rings (SSSR count). The van der Waals surface area contributed by atoms with Crippen molar-refractivity contribution in [1.29, 1.82) is 0 Å². The van der Waals surface area contributed by atoms with Crippen LogP contribution in [0, 0.1) is 5.82 Å². The predicted molar refractivity (Wildman–Crippen MR) is 145 cm³/mol. The lowest BCUT2D eigenvalue weighted by molar-refractivity contribution is 0.417. The highest BCUT2D eigenvalue weighted by molar-refractivity contribution is 7.92. The van der Waals surface area contributed by atoms with Gasteiger partial charge in [-0.25, -0.2) is 12.8 Å². The van der Waals surface area contributed by atoms with Gasteiger partial charge in [0.1, 0.15) is 17.6 Å². The number of nitrogens with zero attached hydrogens (tertiary/aromatic N) is 3. The van der Waals surface area contributed by atoms with Crippen molar-refractivity contribution in [3.05, 3.63) is 102 Å². The molecule has 1 aliphatic heterocycles. The molecule has 1 aliphatic rings. The summed E-state index contributed by atoms with van der Waals surface area (Å²) in [5, 5.41) is 3.78. The number of thiocarbonyl (C=S) groups is 1. The third kappa shape index (κ3) is 4.87. The van der Waals surface area contributed by atoms with Crippen molar-refractivity contribution in [3.63, 3.8) is 0 Å². The summed E-state index contributed by atoms with van der Waals surface area (Å²) in [5.41, 5.74) is 2.81. The molecule has 1 fully saturated rings. The summed E-state index contributed by atoms with van der Waals surface area (Å²) in [6.45, 7) is 0. The third-order valence-corrected chi connectivity index (χ3v) is 6.96. The quantitative estimate of drug-likeness (QED) is 0.334. The number of methoxy groups -OCH3 is 1. The van der Waals surface area contributed by atoms with Crippen LogP contribution in [0.1, 0.15) is 23.5 Å². The second-order valence-corrected chi connectivity index (χ2v) is 10.6. The minimum Gasteiger partial charge on any atom is -0.495 e. The fourth-order valence-electron chi connectivity index (χ4n) is 4.56. The van der Waals surface area contributed by atoms with E-state index in [4.69, 9.17) is 17.0 Å². The van der Waals surface area contributed by atoms with Gasteiger partial charge in [0.05, 0.1) is 36.5 Å². The number of sulfonamides is 1. The zero-order valence-corrected chi connectivity index (χ0v) is 21.6. The average Bonchev–Trinajstić information content (AvgIpc) is 3.48. The summed E-state index contributed by atoms with van der Waals surface area (Å²) in [5.74, 6) is -0.00156. The number of para-hydroxylation sites is 1. The van der Waals surface area contributed by atoms with Crippen molar-refractivity contribution in [3.8, 4) is 11.4 Å². The molecule has 2 N–H and O–H groups in total. The third-order valence-electron chi connectivity index (χ3n) is 6.05. The highest BCUT2D eigenvalue weighted by Gasteiger charge is 2.42. The standard InChI is InChI=1S/C26H24FN5O3S2/c1-35-23-13-12-17(16-20(23)30-37(2,33)34)32-25(24(29-26(32)36)19-9-5-6-14-28-19)22-11-7-15-31(22)21-10-4-3-8-18(21)27/h3-16,24-25,30H,1-2H3,(H,29,36)/t24-,25+/m1/s1. The average molecular weight is 538 g/mol. The topological polar surface area (TPSA) is 88.5 Å². The van der Waals surface area contributed by atoms with E-state index < -0.39 is 16.1 Å². The summed E-state index contributed by atoms with van der Waals surface area (Å²) in [7, 11) is -2.11. The molecular weight excluding hydrogens is 513 g/mol. The summed E-state index contributed by atoms with van der Waals surface area (Å²) >= 11 is 5.78. The maximum atomic E-state index is 14.9. The van der Waals surface area contributed by atoms with Crippen LogP contribution in [0.25, 0.3) is 5.69 Å². The van der Waals surface area contributed by atoms with Crippen LogP contribution in [0.4, 0.5) is 15.8 Å². The lowest BCUT2D eigenvalue weighted by Gasteiger charge is -2.29. The number of hydrogen-bond acceptors (Lipinski definition) is 5. The van der Waals surface area contributed by atoms with Crippen molar-refractivity contribution in [2.45, 2.75) is 12.1 Å². The normalized spacial score (nSPS) is 17.5. The summed E-state index contributed by atoms with van der Waals surface area (Å²) in [4.78, 5) is 6.44. The van der Waals surface area contributed by atoms with Crippen LogP contribution >= 0.6 is 12.2 Å². The molecule has 0 unspecified atom stereocenters. The van der Waals surface area contributed by atoms with Gasteiger partial charge in [-0.05, 0) is 66.8 Å². The Balaban J connectivity index is 1.68. The Hall–Kier alpha value is -3.96. The first-order valence-corrected chi connectivity index (χ1v) is 13.7. The maximum Gasteiger partial charge on any atom is 0.229 e. The van der Waals surface area contributed by atoms with Crippen LogP contribution < -0.4 is 19.7 Å². The van der Waals surface area contributed by atoms with Gasteiger partial charge in [0.25, 0.3) is 0 Å². The summed E-state index contributed by atoms with van der Waals surface area (Å²) in [6, 6.07) is 20.2. The Morgan fingerprint density at radius 3 is 2.57 bits per heavy atom. The lowest BCUT2D eigenvalue weighted by atomic mass is 10.0. The van der Waals surface area contributed by atoms with E-state index in [1.54, 1.807) is 53.4 Å². The molecule has 0 saturated carbocycles. The molecule has 4 aromatic rings. The van der Waals surface area contributed by atoms with Crippen molar-refractivity contribution in [2.24, 2.45) is 0 Å². The Kier molecular flexibility index (Phi) is 6.57. The van der Waals surface area contributed by atoms with E-state index in [1.165, 1.54) is 13.2 Å². The van der Waals surface area contributed by atoms with Crippen LogP contribution in [-0.4, -0.2) is 36.4 Å². The van der Waals surface area contributed by atoms with Crippen molar-refractivity contribution >= 4 is 38.7 Å². The molecule has 37 heavy (non-hydrogen) atoms. The Bertz CT molecular complexity index is 1560. The monoisotopic (exact) mass is 537 g/mol. The molecular formula is C26H24FN5O3S2. The van der Waals surface area contributed by atoms with Gasteiger partial charge in [-0.15, -0.1) is 0 Å². The van der Waals surface area contributed by atoms with E-state index in [2.05, 4.69) is 15.0 Å². The molecule has 190 valence electrons. The van der Waals surface area contributed by atoms with Gasteiger partial charge >= 0.3 is 0 Å². The molecule has 0 amide bonds. The van der Waals surface area contributed by atoms with Crippen LogP contribution in [-0.2, 0) is 10.0 Å². The van der Waals surface area contributed by atoms with Gasteiger partial charge in [0.15, 0.2) is 5.11 Å². The van der Waals surface area contributed by atoms with E-state index in [9.17, 15) is 12.8 Å². The number of halogens is 1. The van der Waals surface area contributed by atoms with Gasteiger partial charge in [0.2, 0.25) is 10.0 Å². The molecule has 2 aromatic heterocycles. The lowest BCUT2D eigenvalue weighted by Crippen LogP contribution is -2.30. The number of pyridine rings is 1. The number of rotatable bonds is 7. The Morgan fingerprint density at radius 1 is 1.08 bits per heavy atom. The predicted octanol–water partition coefficient (Wildman–Crippen LogP) is 4.57. The van der Waals surface area contributed by atoms with E-state index in [0.717, 1.165) is 17.6 Å². The Labute approximate surface area is 219 Å². The number of benzene rings is 2. The summed E-state index contributed by atoms with van der Waals surface area (Å²) < 4.78 is 48.6. The number of hydrogen-bond donors (Lipinski definition) is 2. The molecule has 0 aliphatic carbocycles. The van der Waals surface area contributed by atoms with Crippen molar-refractivity contribution in [1.82, 2.24) is 14.9 Å². The molecule has 1 saturated heterocycles. The van der Waals surface area contributed by atoms with Gasteiger partial charge in [-0.3, -0.25) is 9.71 Å². The number of nitrogens with one attached hydrogen (secondary N) is 2. The SMILES string of the molecule is COc1ccc(N2C(=S)N[C@H](c3ccccn3)[C@@H]2c2cccn2-c2ccccc2F)cc1NS(C)(=O)=O. The fraction of sp³-hybridized carbons (Fsp3) is 0.154. The van der Waals surface area contributed by atoms with E-state index >= 15 is 0 Å². The molecule has 11 heteroatoms. The van der Waals surface area contributed by atoms with Gasteiger partial charge < -0.3 is 19.5 Å². The van der Waals surface area contributed by atoms with Crippen molar-refractivity contribution < 1.29 is 17.5 Å². The minimum atomic E-state index is -3.57. The van der Waals surface area contributed by atoms with Crippen LogP contribution in [0.3, 0.4) is 0 Å². The van der Waals surface area contributed by atoms with Crippen LogP contribution in [0.15, 0.2) is 85.2 Å². The molecule has 0 bridgehead atoms. The van der Waals surface area contributed by atoms with Crippen LogP contribution in [0.2, 0.25) is 0 Å². The summed E-state index contributed by atoms with van der Waals surface area (Å²) in [6.07, 6.45) is 4.58. The zero-order chi connectivity index (χ0) is 26.2. The van der Waals surface area contributed by atoms with E-state index in [0.29, 0.717) is 22.2 Å². The van der Waals surface area contributed by atoms with Gasteiger partial charge in [0, 0.05) is 23.8 Å².